The number of hydrogen-bond donors (Lipinski definition) is 1. The Morgan fingerprint density at radius 3 is 3.06 bits per heavy atom. The Labute approximate surface area is 106 Å². The Morgan fingerprint density at radius 1 is 1.33 bits per heavy atom. The summed E-state index contributed by atoms with van der Waals surface area (Å²) in [7, 11) is 0. The Balaban J connectivity index is 1.72. The third-order valence-corrected chi connectivity index (χ3v) is 3.47. The van der Waals surface area contributed by atoms with E-state index in [1.165, 1.54) is 5.56 Å². The van der Waals surface area contributed by atoms with Gasteiger partial charge in [0.1, 0.15) is 12.2 Å². The van der Waals surface area contributed by atoms with Gasteiger partial charge in [-0.3, -0.25) is 4.90 Å². The van der Waals surface area contributed by atoms with Crippen LogP contribution >= 0.6 is 0 Å². The van der Waals surface area contributed by atoms with Gasteiger partial charge in [0.25, 0.3) is 0 Å². The first-order valence-electron chi connectivity index (χ1n) is 6.16. The fourth-order valence-corrected chi connectivity index (χ4v) is 2.30. The van der Waals surface area contributed by atoms with Crippen molar-refractivity contribution in [2.45, 2.75) is 26.6 Å². The number of nitrogen functional groups attached to an aromatic ring is 1. The SMILES string of the molecule is Cc1ccc(CN2CCn3cnnc3C2)cc1N. The lowest BCUT2D eigenvalue weighted by atomic mass is 10.1. The standard InChI is InChI=1S/C13H17N5/c1-10-2-3-11(6-12(10)14)7-17-4-5-18-9-15-16-13(18)8-17/h2-3,6,9H,4-5,7-8,14H2,1H3. The van der Waals surface area contributed by atoms with Gasteiger partial charge in [-0.25, -0.2) is 0 Å². The quantitative estimate of drug-likeness (QED) is 0.805. The minimum absolute atomic E-state index is 0.855. The number of aromatic nitrogens is 3. The maximum Gasteiger partial charge on any atom is 0.147 e. The normalized spacial score (nSPS) is 15.6. The van der Waals surface area contributed by atoms with Gasteiger partial charge in [0.2, 0.25) is 0 Å². The molecule has 2 aromatic rings. The summed E-state index contributed by atoms with van der Waals surface area (Å²) in [6, 6.07) is 6.29. The zero-order valence-electron chi connectivity index (χ0n) is 10.5. The summed E-state index contributed by atoms with van der Waals surface area (Å²) in [5.41, 5.74) is 9.20. The molecule has 18 heavy (non-hydrogen) atoms. The molecule has 0 unspecified atom stereocenters. The predicted molar refractivity (Wildman–Crippen MR) is 69.7 cm³/mol. The molecule has 3 rings (SSSR count). The van der Waals surface area contributed by atoms with Gasteiger partial charge in [0.05, 0.1) is 6.54 Å². The molecule has 2 N–H and O–H groups in total. The average molecular weight is 243 g/mol. The number of aryl methyl sites for hydroxylation is 1. The molecule has 0 atom stereocenters. The number of nitrogens with zero attached hydrogens (tertiary/aromatic N) is 4. The molecule has 0 aliphatic carbocycles. The first-order chi connectivity index (χ1) is 8.72. The van der Waals surface area contributed by atoms with E-state index in [1.54, 1.807) is 6.33 Å². The number of fused-ring (bicyclic) bond motifs is 1. The molecule has 2 heterocycles. The van der Waals surface area contributed by atoms with Crippen molar-refractivity contribution in [3.05, 3.63) is 41.5 Å². The van der Waals surface area contributed by atoms with Crippen molar-refractivity contribution < 1.29 is 0 Å². The molecule has 1 aliphatic heterocycles. The zero-order valence-corrected chi connectivity index (χ0v) is 10.5. The molecule has 0 saturated heterocycles. The van der Waals surface area contributed by atoms with Gasteiger partial charge in [-0.15, -0.1) is 10.2 Å². The summed E-state index contributed by atoms with van der Waals surface area (Å²) in [4.78, 5) is 2.37. The summed E-state index contributed by atoms with van der Waals surface area (Å²) in [6.07, 6.45) is 1.80. The van der Waals surface area contributed by atoms with Crippen LogP contribution in [0.25, 0.3) is 0 Å². The molecule has 5 nitrogen and oxygen atoms in total. The molecule has 1 aromatic carbocycles. The molecular weight excluding hydrogens is 226 g/mol. The molecule has 0 bridgehead atoms. The van der Waals surface area contributed by atoms with E-state index in [-0.39, 0.29) is 0 Å². The number of rotatable bonds is 2. The van der Waals surface area contributed by atoms with E-state index in [0.717, 1.165) is 43.3 Å². The van der Waals surface area contributed by atoms with E-state index in [1.807, 2.05) is 6.92 Å². The van der Waals surface area contributed by atoms with Gasteiger partial charge in [-0.2, -0.15) is 0 Å². The first-order valence-corrected chi connectivity index (χ1v) is 6.16. The lowest BCUT2D eigenvalue weighted by molar-refractivity contribution is 0.209. The molecule has 0 spiro atoms. The third kappa shape index (κ3) is 2.09. The van der Waals surface area contributed by atoms with Crippen LogP contribution in [0.1, 0.15) is 17.0 Å². The lowest BCUT2D eigenvalue weighted by Gasteiger charge is -2.27. The minimum atomic E-state index is 0.855. The largest absolute Gasteiger partial charge is 0.399 e. The van der Waals surface area contributed by atoms with Gasteiger partial charge in [0.15, 0.2) is 0 Å². The second-order valence-corrected chi connectivity index (χ2v) is 4.84. The molecule has 1 aromatic heterocycles. The Hall–Kier alpha value is -1.88. The number of benzene rings is 1. The summed E-state index contributed by atoms with van der Waals surface area (Å²) < 4.78 is 2.11. The van der Waals surface area contributed by atoms with Crippen molar-refractivity contribution in [1.82, 2.24) is 19.7 Å². The van der Waals surface area contributed by atoms with Gasteiger partial charge in [0, 0.05) is 25.3 Å². The second kappa shape index (κ2) is 4.42. The highest BCUT2D eigenvalue weighted by atomic mass is 15.3. The van der Waals surface area contributed by atoms with Gasteiger partial charge < -0.3 is 10.3 Å². The highest BCUT2D eigenvalue weighted by Gasteiger charge is 2.17. The Bertz CT molecular complexity index is 560. The van der Waals surface area contributed by atoms with Crippen LogP contribution in [0.15, 0.2) is 24.5 Å². The molecule has 0 amide bonds. The highest BCUT2D eigenvalue weighted by Crippen LogP contribution is 2.17. The molecule has 94 valence electrons. The summed E-state index contributed by atoms with van der Waals surface area (Å²) in [5.74, 6) is 1.04. The van der Waals surface area contributed by atoms with Crippen molar-refractivity contribution >= 4 is 5.69 Å². The van der Waals surface area contributed by atoms with Gasteiger partial charge in [-0.05, 0) is 24.1 Å². The van der Waals surface area contributed by atoms with Gasteiger partial charge >= 0.3 is 0 Å². The van der Waals surface area contributed by atoms with Gasteiger partial charge in [-0.1, -0.05) is 12.1 Å². The van der Waals surface area contributed by atoms with Crippen LogP contribution in [0.5, 0.6) is 0 Å². The van der Waals surface area contributed by atoms with E-state index in [2.05, 4.69) is 37.9 Å². The van der Waals surface area contributed by atoms with E-state index < -0.39 is 0 Å². The van der Waals surface area contributed by atoms with Crippen LogP contribution in [-0.2, 0) is 19.6 Å². The van der Waals surface area contributed by atoms with Crippen LogP contribution in [0.4, 0.5) is 5.69 Å². The van der Waals surface area contributed by atoms with E-state index in [0.29, 0.717) is 0 Å². The van der Waals surface area contributed by atoms with Crippen LogP contribution in [0, 0.1) is 6.92 Å². The fraction of sp³-hybridized carbons (Fsp3) is 0.385. The Kier molecular flexibility index (Phi) is 2.76. The number of anilines is 1. The molecule has 5 heteroatoms. The molecule has 0 fully saturated rings. The van der Waals surface area contributed by atoms with Crippen LogP contribution in [-0.4, -0.2) is 26.2 Å². The van der Waals surface area contributed by atoms with Crippen molar-refractivity contribution in [2.24, 2.45) is 0 Å². The maximum atomic E-state index is 5.94. The minimum Gasteiger partial charge on any atom is -0.399 e. The smallest absolute Gasteiger partial charge is 0.147 e. The molecule has 0 radical (unpaired) electrons. The van der Waals surface area contributed by atoms with Crippen molar-refractivity contribution in [3.63, 3.8) is 0 Å². The highest BCUT2D eigenvalue weighted by molar-refractivity contribution is 5.48. The third-order valence-electron chi connectivity index (χ3n) is 3.47. The van der Waals surface area contributed by atoms with Crippen molar-refractivity contribution in [3.8, 4) is 0 Å². The van der Waals surface area contributed by atoms with Crippen LogP contribution in [0.2, 0.25) is 0 Å². The molecular formula is C13H17N5. The lowest BCUT2D eigenvalue weighted by Crippen LogP contribution is -2.33. The zero-order chi connectivity index (χ0) is 12.5. The predicted octanol–water partition coefficient (Wildman–Crippen LogP) is 1.18. The molecule has 1 aliphatic rings. The Morgan fingerprint density at radius 2 is 2.22 bits per heavy atom. The summed E-state index contributed by atoms with van der Waals surface area (Å²) in [6.45, 7) is 5.79. The maximum absolute atomic E-state index is 5.94. The van der Waals surface area contributed by atoms with Crippen LogP contribution in [0.3, 0.4) is 0 Å². The summed E-state index contributed by atoms with van der Waals surface area (Å²) in [5, 5.41) is 8.06. The first kappa shape index (κ1) is 11.2. The fourth-order valence-electron chi connectivity index (χ4n) is 2.30. The van der Waals surface area contributed by atoms with Crippen molar-refractivity contribution in [2.75, 3.05) is 12.3 Å². The van der Waals surface area contributed by atoms with E-state index in [4.69, 9.17) is 5.73 Å². The summed E-state index contributed by atoms with van der Waals surface area (Å²) >= 11 is 0. The second-order valence-electron chi connectivity index (χ2n) is 4.84. The number of nitrogens with two attached hydrogens (primary N) is 1. The topological polar surface area (TPSA) is 60.0 Å². The average Bonchev–Trinajstić information content (AvgIpc) is 2.81. The van der Waals surface area contributed by atoms with E-state index in [9.17, 15) is 0 Å². The van der Waals surface area contributed by atoms with E-state index >= 15 is 0 Å². The van der Waals surface area contributed by atoms with Crippen LogP contribution < -0.4 is 5.73 Å². The molecule has 0 saturated carbocycles. The number of hydrogen-bond acceptors (Lipinski definition) is 4. The monoisotopic (exact) mass is 243 g/mol. The van der Waals surface area contributed by atoms with Crippen molar-refractivity contribution in [1.29, 1.82) is 0 Å².